The molecule has 0 bridgehead atoms. The van der Waals surface area contributed by atoms with Crippen molar-refractivity contribution in [2.24, 2.45) is 0 Å². The first kappa shape index (κ1) is 12.0. The number of aromatic nitrogens is 2. The molecule has 0 spiro atoms. The van der Waals surface area contributed by atoms with Crippen molar-refractivity contribution in [1.82, 2.24) is 9.55 Å². The van der Waals surface area contributed by atoms with E-state index in [0.717, 1.165) is 28.4 Å². The zero-order valence-corrected chi connectivity index (χ0v) is 11.3. The summed E-state index contributed by atoms with van der Waals surface area (Å²) in [6, 6.07) is 3.95. The van der Waals surface area contributed by atoms with Gasteiger partial charge in [-0.25, -0.2) is 4.98 Å². The lowest BCUT2D eigenvalue weighted by molar-refractivity contribution is 0.172. The lowest BCUT2D eigenvalue weighted by atomic mass is 9.85. The smallest absolute Gasteiger partial charge is 0.163 e. The summed E-state index contributed by atoms with van der Waals surface area (Å²) in [6.07, 6.45) is 3.67. The lowest BCUT2D eigenvalue weighted by Crippen LogP contribution is -2.17. The van der Waals surface area contributed by atoms with E-state index in [4.69, 9.17) is 14.5 Å². The van der Waals surface area contributed by atoms with Crippen LogP contribution in [0, 0.1) is 0 Å². The second-order valence-corrected chi connectivity index (χ2v) is 5.46. The number of nitrogens with zero attached hydrogens (tertiary/aromatic N) is 2. The van der Waals surface area contributed by atoms with Crippen LogP contribution in [-0.4, -0.2) is 34.5 Å². The first-order valence-electron chi connectivity index (χ1n) is 7.27. The predicted molar refractivity (Wildman–Crippen MR) is 74.4 cm³/mol. The Bertz CT molecular complexity index is 646. The number of aliphatic hydroxyl groups is 1. The maximum Gasteiger partial charge on any atom is 0.163 e. The van der Waals surface area contributed by atoms with E-state index in [9.17, 15) is 5.11 Å². The van der Waals surface area contributed by atoms with Crippen LogP contribution in [0.5, 0.6) is 11.5 Å². The SMILES string of the molecule is OCCn1c(C2CCC2)nc2cc3c(cc21)OCCO3. The summed E-state index contributed by atoms with van der Waals surface area (Å²) in [5, 5.41) is 9.33. The van der Waals surface area contributed by atoms with E-state index in [1.54, 1.807) is 0 Å². The standard InChI is InChI=1S/C15H18N2O3/c18-5-4-17-12-9-14-13(19-6-7-20-14)8-11(12)16-15(17)10-2-1-3-10/h8-10,18H,1-7H2. The molecule has 0 unspecified atom stereocenters. The molecule has 1 aromatic heterocycles. The molecule has 2 aliphatic rings. The van der Waals surface area contributed by atoms with E-state index in [2.05, 4.69) is 4.57 Å². The van der Waals surface area contributed by atoms with Gasteiger partial charge >= 0.3 is 0 Å². The predicted octanol–water partition coefficient (Wildman–Crippen LogP) is 2.07. The number of aliphatic hydroxyl groups excluding tert-OH is 1. The molecule has 1 fully saturated rings. The zero-order valence-electron chi connectivity index (χ0n) is 11.3. The number of benzene rings is 1. The van der Waals surface area contributed by atoms with Crippen molar-refractivity contribution < 1.29 is 14.6 Å². The van der Waals surface area contributed by atoms with Crippen molar-refractivity contribution in [3.63, 3.8) is 0 Å². The number of hydrogen-bond donors (Lipinski definition) is 1. The average Bonchev–Trinajstić information content (AvgIpc) is 2.73. The van der Waals surface area contributed by atoms with Gasteiger partial charge in [0.2, 0.25) is 0 Å². The van der Waals surface area contributed by atoms with Gasteiger partial charge < -0.3 is 19.1 Å². The Morgan fingerprint density at radius 1 is 1.20 bits per heavy atom. The number of fused-ring (bicyclic) bond motifs is 2. The summed E-state index contributed by atoms with van der Waals surface area (Å²) in [6.45, 7) is 1.88. The van der Waals surface area contributed by atoms with Crippen LogP contribution >= 0.6 is 0 Å². The average molecular weight is 274 g/mol. The van der Waals surface area contributed by atoms with Crippen molar-refractivity contribution >= 4 is 11.0 Å². The van der Waals surface area contributed by atoms with Gasteiger partial charge in [-0.15, -0.1) is 0 Å². The van der Waals surface area contributed by atoms with Gasteiger partial charge in [-0.05, 0) is 12.8 Å². The highest BCUT2D eigenvalue weighted by Crippen LogP contribution is 2.40. The van der Waals surface area contributed by atoms with E-state index in [0.29, 0.717) is 25.7 Å². The van der Waals surface area contributed by atoms with Crippen molar-refractivity contribution in [3.05, 3.63) is 18.0 Å². The molecule has 4 rings (SSSR count). The minimum Gasteiger partial charge on any atom is -0.486 e. The van der Waals surface area contributed by atoms with Crippen LogP contribution in [-0.2, 0) is 6.54 Å². The zero-order chi connectivity index (χ0) is 13.5. The monoisotopic (exact) mass is 274 g/mol. The lowest BCUT2D eigenvalue weighted by Gasteiger charge is -2.25. The van der Waals surface area contributed by atoms with Gasteiger partial charge in [0.25, 0.3) is 0 Å². The molecule has 1 aliphatic heterocycles. The second-order valence-electron chi connectivity index (χ2n) is 5.46. The molecule has 0 atom stereocenters. The van der Waals surface area contributed by atoms with Gasteiger partial charge in [-0.3, -0.25) is 0 Å². The largest absolute Gasteiger partial charge is 0.486 e. The van der Waals surface area contributed by atoms with E-state index in [1.165, 1.54) is 19.3 Å². The number of ether oxygens (including phenoxy) is 2. The van der Waals surface area contributed by atoms with Crippen LogP contribution in [0.1, 0.15) is 31.0 Å². The minimum absolute atomic E-state index is 0.125. The topological polar surface area (TPSA) is 56.5 Å². The second kappa shape index (κ2) is 4.66. The van der Waals surface area contributed by atoms with Crippen LogP contribution in [0.25, 0.3) is 11.0 Å². The fraction of sp³-hybridized carbons (Fsp3) is 0.533. The van der Waals surface area contributed by atoms with Gasteiger partial charge in [-0.2, -0.15) is 0 Å². The molecule has 2 heterocycles. The van der Waals surface area contributed by atoms with Crippen molar-refractivity contribution in [2.45, 2.75) is 31.7 Å². The third-order valence-corrected chi connectivity index (χ3v) is 4.24. The third-order valence-electron chi connectivity index (χ3n) is 4.24. The van der Waals surface area contributed by atoms with Crippen LogP contribution in [0.15, 0.2) is 12.1 Å². The summed E-state index contributed by atoms with van der Waals surface area (Å²) in [5.41, 5.74) is 1.97. The molecule has 106 valence electrons. The van der Waals surface area contributed by atoms with Gasteiger partial charge in [-0.1, -0.05) is 6.42 Å². The molecule has 1 saturated carbocycles. The van der Waals surface area contributed by atoms with Gasteiger partial charge in [0.05, 0.1) is 17.6 Å². The van der Waals surface area contributed by atoms with Crippen LogP contribution < -0.4 is 9.47 Å². The molecule has 0 amide bonds. The summed E-state index contributed by atoms with van der Waals surface area (Å²) >= 11 is 0. The highest BCUT2D eigenvalue weighted by Gasteiger charge is 2.26. The number of imidazole rings is 1. The molecule has 1 aromatic carbocycles. The Morgan fingerprint density at radius 3 is 2.60 bits per heavy atom. The molecule has 0 saturated heterocycles. The molecule has 1 N–H and O–H groups in total. The van der Waals surface area contributed by atoms with Crippen LogP contribution in [0.4, 0.5) is 0 Å². The number of rotatable bonds is 3. The summed E-state index contributed by atoms with van der Waals surface area (Å²) < 4.78 is 13.4. The quantitative estimate of drug-likeness (QED) is 0.931. The van der Waals surface area contributed by atoms with E-state index in [-0.39, 0.29) is 6.61 Å². The first-order valence-corrected chi connectivity index (χ1v) is 7.27. The Hall–Kier alpha value is -1.75. The Kier molecular flexibility index (Phi) is 2.80. The Labute approximate surface area is 117 Å². The Balaban J connectivity index is 1.87. The van der Waals surface area contributed by atoms with E-state index in [1.807, 2.05) is 12.1 Å². The number of hydrogen-bond acceptors (Lipinski definition) is 4. The van der Waals surface area contributed by atoms with E-state index >= 15 is 0 Å². The molecule has 1 aliphatic carbocycles. The highest BCUT2D eigenvalue weighted by molar-refractivity contribution is 5.81. The molecule has 5 nitrogen and oxygen atoms in total. The van der Waals surface area contributed by atoms with Gasteiger partial charge in [0.15, 0.2) is 11.5 Å². The van der Waals surface area contributed by atoms with E-state index < -0.39 is 0 Å². The van der Waals surface area contributed by atoms with Crippen LogP contribution in [0.2, 0.25) is 0 Å². The fourth-order valence-electron chi connectivity index (χ4n) is 2.99. The molecular formula is C15H18N2O3. The Morgan fingerprint density at radius 2 is 1.95 bits per heavy atom. The molecule has 20 heavy (non-hydrogen) atoms. The molecule has 5 heteroatoms. The summed E-state index contributed by atoms with van der Waals surface area (Å²) in [4.78, 5) is 4.78. The minimum atomic E-state index is 0.125. The normalized spacial score (nSPS) is 18.2. The van der Waals surface area contributed by atoms with Crippen molar-refractivity contribution in [1.29, 1.82) is 0 Å². The fourth-order valence-corrected chi connectivity index (χ4v) is 2.99. The molecule has 0 radical (unpaired) electrons. The summed E-state index contributed by atoms with van der Waals surface area (Å²) in [5.74, 6) is 3.19. The summed E-state index contributed by atoms with van der Waals surface area (Å²) in [7, 11) is 0. The first-order chi connectivity index (χ1) is 9.86. The van der Waals surface area contributed by atoms with Gasteiger partial charge in [0, 0.05) is 24.6 Å². The van der Waals surface area contributed by atoms with Crippen LogP contribution in [0.3, 0.4) is 0 Å². The van der Waals surface area contributed by atoms with Crippen molar-refractivity contribution in [2.75, 3.05) is 19.8 Å². The molecular weight excluding hydrogens is 256 g/mol. The maximum absolute atomic E-state index is 9.33. The van der Waals surface area contributed by atoms with Crippen molar-refractivity contribution in [3.8, 4) is 11.5 Å². The third kappa shape index (κ3) is 1.77. The maximum atomic E-state index is 9.33. The highest BCUT2D eigenvalue weighted by atomic mass is 16.6. The molecule has 2 aromatic rings. The van der Waals surface area contributed by atoms with Gasteiger partial charge in [0.1, 0.15) is 19.0 Å².